The Labute approximate surface area is 116 Å². The maximum atomic E-state index is 13.3. The molecule has 1 unspecified atom stereocenters. The van der Waals surface area contributed by atoms with Crippen molar-refractivity contribution in [2.75, 3.05) is 19.7 Å². The highest BCUT2D eigenvalue weighted by molar-refractivity contribution is 5.82. The molecule has 0 aliphatic carbocycles. The number of rotatable bonds is 3. The second-order valence-electron chi connectivity index (χ2n) is 5.31. The van der Waals surface area contributed by atoms with Crippen LogP contribution in [0.25, 0.3) is 0 Å². The molecule has 1 amide bonds. The number of nitrogens with one attached hydrogen (secondary N) is 2. The molecular formula is C14H18F2N2O2. The fourth-order valence-electron chi connectivity index (χ4n) is 2.08. The lowest BCUT2D eigenvalue weighted by Crippen LogP contribution is -2.52. The lowest BCUT2D eigenvalue weighted by Gasteiger charge is -2.31. The summed E-state index contributed by atoms with van der Waals surface area (Å²) in [6.45, 7) is 5.10. The zero-order chi connectivity index (χ0) is 14.8. The number of halogens is 2. The molecule has 1 aliphatic rings. The van der Waals surface area contributed by atoms with Gasteiger partial charge >= 0.3 is 0 Å². The normalized spacial score (nSPS) is 19.7. The molecule has 2 rings (SSSR count). The van der Waals surface area contributed by atoms with Crippen molar-refractivity contribution in [1.29, 1.82) is 0 Å². The molecule has 0 aromatic heterocycles. The Morgan fingerprint density at radius 1 is 1.40 bits per heavy atom. The van der Waals surface area contributed by atoms with Gasteiger partial charge in [0.2, 0.25) is 0 Å². The zero-order valence-electron chi connectivity index (χ0n) is 11.5. The van der Waals surface area contributed by atoms with Crippen LogP contribution in [0.5, 0.6) is 0 Å². The van der Waals surface area contributed by atoms with Gasteiger partial charge in [-0.25, -0.2) is 8.78 Å². The van der Waals surface area contributed by atoms with E-state index < -0.39 is 23.3 Å². The maximum Gasteiger partial charge on any atom is 0.251 e. The van der Waals surface area contributed by atoms with Crippen molar-refractivity contribution >= 4 is 5.91 Å². The molecule has 0 spiro atoms. The Hall–Kier alpha value is -1.53. The summed E-state index contributed by atoms with van der Waals surface area (Å²) in [5.74, 6) is -2.11. The Kier molecular flexibility index (Phi) is 4.35. The van der Waals surface area contributed by atoms with Crippen LogP contribution in [-0.2, 0) is 15.1 Å². The largest absolute Gasteiger partial charge is 0.366 e. The molecule has 1 aliphatic heterocycles. The highest BCUT2D eigenvalue weighted by Crippen LogP contribution is 2.22. The van der Waals surface area contributed by atoms with E-state index in [1.165, 1.54) is 6.07 Å². The number of hydrogen-bond donors (Lipinski definition) is 2. The SMILES string of the molecule is CC(C)(NC(=O)C1CNCCO1)c1ccc(F)c(F)c1. The molecule has 1 atom stereocenters. The minimum atomic E-state index is -0.930. The first-order valence-electron chi connectivity index (χ1n) is 6.50. The van der Waals surface area contributed by atoms with Crippen LogP contribution in [0.3, 0.4) is 0 Å². The van der Waals surface area contributed by atoms with Crippen LogP contribution in [0.1, 0.15) is 19.4 Å². The minimum absolute atomic E-state index is 0.271. The molecule has 0 saturated carbocycles. The molecule has 0 radical (unpaired) electrons. The first-order valence-corrected chi connectivity index (χ1v) is 6.50. The van der Waals surface area contributed by atoms with E-state index in [2.05, 4.69) is 10.6 Å². The van der Waals surface area contributed by atoms with Crippen molar-refractivity contribution in [3.63, 3.8) is 0 Å². The average Bonchev–Trinajstić information content (AvgIpc) is 2.42. The molecule has 4 nitrogen and oxygen atoms in total. The summed E-state index contributed by atoms with van der Waals surface area (Å²) in [4.78, 5) is 12.1. The standard InChI is InChI=1S/C14H18F2N2O2/c1-14(2,9-3-4-10(15)11(16)7-9)18-13(19)12-8-17-5-6-20-12/h3-4,7,12,17H,5-6,8H2,1-2H3,(H,18,19). The number of carbonyl (C=O) groups is 1. The van der Waals surface area contributed by atoms with Crippen LogP contribution < -0.4 is 10.6 Å². The van der Waals surface area contributed by atoms with E-state index in [0.29, 0.717) is 18.7 Å². The van der Waals surface area contributed by atoms with Gasteiger partial charge in [0.15, 0.2) is 11.6 Å². The Balaban J connectivity index is 2.09. The Morgan fingerprint density at radius 3 is 2.75 bits per heavy atom. The summed E-state index contributed by atoms with van der Waals surface area (Å²) in [5.41, 5.74) is -0.319. The number of ether oxygens (including phenoxy) is 1. The molecule has 2 N–H and O–H groups in total. The van der Waals surface area contributed by atoms with Crippen molar-refractivity contribution in [2.24, 2.45) is 0 Å². The second-order valence-corrected chi connectivity index (χ2v) is 5.31. The first-order chi connectivity index (χ1) is 9.40. The van der Waals surface area contributed by atoms with Crippen LogP contribution in [0.15, 0.2) is 18.2 Å². The summed E-state index contributed by atoms with van der Waals surface area (Å²) >= 11 is 0. The van der Waals surface area contributed by atoms with Gasteiger partial charge in [0.1, 0.15) is 6.10 Å². The summed E-state index contributed by atoms with van der Waals surface area (Å²) in [7, 11) is 0. The fraction of sp³-hybridized carbons (Fsp3) is 0.500. The lowest BCUT2D eigenvalue weighted by molar-refractivity contribution is -0.136. The predicted molar refractivity (Wildman–Crippen MR) is 70.1 cm³/mol. The molecule has 1 aromatic carbocycles. The molecule has 20 heavy (non-hydrogen) atoms. The minimum Gasteiger partial charge on any atom is -0.366 e. The van der Waals surface area contributed by atoms with E-state index in [1.54, 1.807) is 13.8 Å². The van der Waals surface area contributed by atoms with E-state index in [9.17, 15) is 13.6 Å². The number of amides is 1. The summed E-state index contributed by atoms with van der Waals surface area (Å²) < 4.78 is 31.6. The fourth-order valence-corrected chi connectivity index (χ4v) is 2.08. The smallest absolute Gasteiger partial charge is 0.251 e. The van der Waals surface area contributed by atoms with Crippen molar-refractivity contribution < 1.29 is 18.3 Å². The molecular weight excluding hydrogens is 266 g/mol. The Morgan fingerprint density at radius 2 is 2.15 bits per heavy atom. The molecule has 0 bridgehead atoms. The van der Waals surface area contributed by atoms with E-state index in [0.717, 1.165) is 18.7 Å². The van der Waals surface area contributed by atoms with Gasteiger partial charge in [0, 0.05) is 13.1 Å². The van der Waals surface area contributed by atoms with Crippen LogP contribution in [0.4, 0.5) is 8.78 Å². The molecule has 6 heteroatoms. The van der Waals surface area contributed by atoms with Crippen molar-refractivity contribution in [3.8, 4) is 0 Å². The van der Waals surface area contributed by atoms with E-state index in [1.807, 2.05) is 0 Å². The van der Waals surface area contributed by atoms with Gasteiger partial charge in [0.25, 0.3) is 5.91 Å². The van der Waals surface area contributed by atoms with E-state index in [-0.39, 0.29) is 5.91 Å². The van der Waals surface area contributed by atoms with E-state index >= 15 is 0 Å². The Bertz CT molecular complexity index is 500. The number of carbonyl (C=O) groups excluding carboxylic acids is 1. The monoisotopic (exact) mass is 284 g/mol. The molecule has 1 fully saturated rings. The van der Waals surface area contributed by atoms with Crippen LogP contribution in [-0.4, -0.2) is 31.7 Å². The highest BCUT2D eigenvalue weighted by Gasteiger charge is 2.29. The van der Waals surface area contributed by atoms with Crippen LogP contribution in [0, 0.1) is 11.6 Å². The summed E-state index contributed by atoms with van der Waals surface area (Å²) in [6, 6.07) is 3.60. The molecule has 110 valence electrons. The predicted octanol–water partition coefficient (Wildman–Crippen LogP) is 1.30. The maximum absolute atomic E-state index is 13.3. The summed E-state index contributed by atoms with van der Waals surface area (Å²) in [5, 5.41) is 5.86. The number of benzene rings is 1. The number of hydrogen-bond acceptors (Lipinski definition) is 3. The van der Waals surface area contributed by atoms with Gasteiger partial charge < -0.3 is 15.4 Å². The van der Waals surface area contributed by atoms with Gasteiger partial charge in [0.05, 0.1) is 12.1 Å². The average molecular weight is 284 g/mol. The van der Waals surface area contributed by atoms with Crippen molar-refractivity contribution in [1.82, 2.24) is 10.6 Å². The van der Waals surface area contributed by atoms with Gasteiger partial charge in [-0.15, -0.1) is 0 Å². The quantitative estimate of drug-likeness (QED) is 0.880. The third-order valence-corrected chi connectivity index (χ3v) is 3.30. The molecule has 1 saturated heterocycles. The molecule has 1 aromatic rings. The van der Waals surface area contributed by atoms with Crippen LogP contribution >= 0.6 is 0 Å². The van der Waals surface area contributed by atoms with E-state index in [4.69, 9.17) is 4.74 Å². The van der Waals surface area contributed by atoms with Gasteiger partial charge in [-0.3, -0.25) is 4.79 Å². The topological polar surface area (TPSA) is 50.4 Å². The van der Waals surface area contributed by atoms with Crippen molar-refractivity contribution in [2.45, 2.75) is 25.5 Å². The van der Waals surface area contributed by atoms with Gasteiger partial charge in [-0.1, -0.05) is 6.07 Å². The molecule has 1 heterocycles. The third kappa shape index (κ3) is 3.32. The third-order valence-electron chi connectivity index (χ3n) is 3.30. The van der Waals surface area contributed by atoms with Crippen LogP contribution in [0.2, 0.25) is 0 Å². The lowest BCUT2D eigenvalue weighted by atomic mass is 9.93. The second kappa shape index (κ2) is 5.85. The zero-order valence-corrected chi connectivity index (χ0v) is 11.5. The van der Waals surface area contributed by atoms with Gasteiger partial charge in [-0.05, 0) is 31.5 Å². The highest BCUT2D eigenvalue weighted by atomic mass is 19.2. The van der Waals surface area contributed by atoms with Crippen molar-refractivity contribution in [3.05, 3.63) is 35.4 Å². The number of morpholine rings is 1. The van der Waals surface area contributed by atoms with Gasteiger partial charge in [-0.2, -0.15) is 0 Å². The summed E-state index contributed by atoms with van der Waals surface area (Å²) in [6.07, 6.45) is -0.562. The first kappa shape index (κ1) is 14.9.